The van der Waals surface area contributed by atoms with Gasteiger partial charge >= 0.3 is 5.97 Å². The molecule has 0 aromatic carbocycles. The summed E-state index contributed by atoms with van der Waals surface area (Å²) in [5.74, 6) is -1.15. The quantitative estimate of drug-likeness (QED) is 0.562. The largest absolute Gasteiger partial charge is 0.478 e. The lowest BCUT2D eigenvalue weighted by molar-refractivity contribution is -0.131. The van der Waals surface area contributed by atoms with Gasteiger partial charge in [0.25, 0.3) is 0 Å². The van der Waals surface area contributed by atoms with Crippen molar-refractivity contribution >= 4 is 11.9 Å². The Morgan fingerprint density at radius 2 is 2.25 bits per heavy atom. The van der Waals surface area contributed by atoms with E-state index in [0.29, 0.717) is 12.1 Å². The topological polar surface area (TPSA) is 66.4 Å². The predicted molar refractivity (Wildman–Crippen MR) is 42.3 cm³/mol. The lowest BCUT2D eigenvalue weighted by Crippen LogP contribution is -2.16. The Kier molecular flexibility index (Phi) is 1.92. The van der Waals surface area contributed by atoms with Crippen molar-refractivity contribution in [2.24, 2.45) is 5.41 Å². The second-order valence-electron chi connectivity index (χ2n) is 3.51. The van der Waals surface area contributed by atoms with Gasteiger partial charge in [-0.15, -0.1) is 0 Å². The molecule has 2 N–H and O–H groups in total. The van der Waals surface area contributed by atoms with E-state index in [2.05, 4.69) is 5.32 Å². The molecular weight excluding hydrogens is 158 g/mol. The fourth-order valence-electron chi connectivity index (χ4n) is 1.22. The number of carboxylic acids is 1. The number of carboxylic acid groups (broad SMARTS) is 1. The van der Waals surface area contributed by atoms with Gasteiger partial charge in [0.1, 0.15) is 0 Å². The Hall–Kier alpha value is -1.32. The highest BCUT2D eigenvalue weighted by molar-refractivity contribution is 5.87. The highest BCUT2D eigenvalue weighted by Crippen LogP contribution is 2.33. The maximum atomic E-state index is 10.9. The minimum absolute atomic E-state index is 0.118. The number of carbonyl (C=O) groups excluding carboxylic acids is 1. The van der Waals surface area contributed by atoms with Crippen LogP contribution < -0.4 is 5.32 Å². The molecule has 0 bridgehead atoms. The second-order valence-corrected chi connectivity index (χ2v) is 3.51. The van der Waals surface area contributed by atoms with E-state index < -0.39 is 5.97 Å². The van der Waals surface area contributed by atoms with Crippen LogP contribution >= 0.6 is 0 Å². The number of hydrogen-bond donors (Lipinski definition) is 2. The van der Waals surface area contributed by atoms with Crippen molar-refractivity contribution in [3.63, 3.8) is 0 Å². The van der Waals surface area contributed by atoms with E-state index in [0.717, 1.165) is 6.08 Å². The lowest BCUT2D eigenvalue weighted by Gasteiger charge is -2.15. The summed E-state index contributed by atoms with van der Waals surface area (Å²) in [4.78, 5) is 21.2. The molecule has 0 atom stereocenters. The van der Waals surface area contributed by atoms with Crippen LogP contribution in [0.25, 0.3) is 0 Å². The van der Waals surface area contributed by atoms with E-state index >= 15 is 0 Å². The highest BCUT2D eigenvalue weighted by Gasteiger charge is 2.34. The maximum Gasteiger partial charge on any atom is 0.330 e. The molecule has 66 valence electrons. The molecule has 4 nitrogen and oxygen atoms in total. The molecule has 0 radical (unpaired) electrons. The van der Waals surface area contributed by atoms with Crippen molar-refractivity contribution in [2.75, 3.05) is 0 Å². The number of rotatable bonds is 1. The second kappa shape index (κ2) is 2.62. The molecule has 1 aliphatic heterocycles. The van der Waals surface area contributed by atoms with E-state index in [9.17, 15) is 9.59 Å². The molecular formula is C8H11NO3. The van der Waals surface area contributed by atoms with Gasteiger partial charge in [0.2, 0.25) is 5.91 Å². The minimum atomic E-state index is -1.03. The zero-order valence-corrected chi connectivity index (χ0v) is 7.05. The Bertz CT molecular complexity index is 265. The number of carbonyl (C=O) groups is 2. The summed E-state index contributed by atoms with van der Waals surface area (Å²) in [7, 11) is 0. The molecule has 1 fully saturated rings. The van der Waals surface area contributed by atoms with Gasteiger partial charge in [0.15, 0.2) is 0 Å². The first-order chi connectivity index (χ1) is 5.42. The van der Waals surface area contributed by atoms with Crippen LogP contribution in [0.15, 0.2) is 11.8 Å². The lowest BCUT2D eigenvalue weighted by atomic mass is 9.89. The van der Waals surface area contributed by atoms with Crippen LogP contribution in [0, 0.1) is 5.41 Å². The number of amides is 1. The van der Waals surface area contributed by atoms with Crippen molar-refractivity contribution in [1.29, 1.82) is 0 Å². The summed E-state index contributed by atoms with van der Waals surface area (Å²) in [6.07, 6.45) is 1.40. The summed E-state index contributed by atoms with van der Waals surface area (Å²) in [6, 6.07) is 0. The van der Waals surface area contributed by atoms with Gasteiger partial charge in [0.05, 0.1) is 0 Å². The normalized spacial score (nSPS) is 24.2. The van der Waals surface area contributed by atoms with E-state index in [1.807, 2.05) is 13.8 Å². The Morgan fingerprint density at radius 1 is 1.67 bits per heavy atom. The van der Waals surface area contributed by atoms with Gasteiger partial charge in [-0.1, -0.05) is 13.8 Å². The predicted octanol–water partition coefficient (Wildman–Crippen LogP) is 0.501. The first-order valence-corrected chi connectivity index (χ1v) is 3.67. The third-order valence-corrected chi connectivity index (χ3v) is 1.87. The first-order valence-electron chi connectivity index (χ1n) is 3.67. The molecule has 0 aromatic rings. The van der Waals surface area contributed by atoms with Crippen LogP contribution in [0.2, 0.25) is 0 Å². The van der Waals surface area contributed by atoms with Gasteiger partial charge in [-0.2, -0.15) is 0 Å². The molecule has 1 saturated heterocycles. The third-order valence-electron chi connectivity index (χ3n) is 1.87. The Balaban J connectivity index is 2.92. The molecule has 0 aliphatic carbocycles. The summed E-state index contributed by atoms with van der Waals surface area (Å²) < 4.78 is 0. The molecule has 1 aliphatic rings. The van der Waals surface area contributed by atoms with E-state index in [-0.39, 0.29) is 11.3 Å². The average molecular weight is 169 g/mol. The summed E-state index contributed by atoms with van der Waals surface area (Å²) in [6.45, 7) is 3.67. The van der Waals surface area contributed by atoms with Crippen molar-refractivity contribution in [1.82, 2.24) is 5.32 Å². The molecule has 0 saturated carbocycles. The first kappa shape index (κ1) is 8.77. The molecule has 1 amide bonds. The highest BCUT2D eigenvalue weighted by atomic mass is 16.4. The van der Waals surface area contributed by atoms with Gasteiger partial charge < -0.3 is 10.4 Å². The molecule has 1 rings (SSSR count). The number of aliphatic carboxylic acids is 1. The van der Waals surface area contributed by atoms with Gasteiger partial charge in [-0.25, -0.2) is 4.79 Å². The fourth-order valence-corrected chi connectivity index (χ4v) is 1.22. The summed E-state index contributed by atoms with van der Waals surface area (Å²) in [5, 5.41) is 11.0. The van der Waals surface area contributed by atoms with Gasteiger partial charge in [-0.05, 0) is 0 Å². The summed E-state index contributed by atoms with van der Waals surface area (Å²) >= 11 is 0. The monoisotopic (exact) mass is 169 g/mol. The number of hydrogen-bond acceptors (Lipinski definition) is 2. The van der Waals surface area contributed by atoms with Crippen molar-refractivity contribution in [3.05, 3.63) is 11.8 Å². The van der Waals surface area contributed by atoms with Crippen LogP contribution in [-0.4, -0.2) is 17.0 Å². The van der Waals surface area contributed by atoms with E-state index in [1.165, 1.54) is 0 Å². The standard InChI is InChI=1S/C8H11NO3/c1-8(2)4-6(10)9-5(8)3-7(11)12/h3H,4H2,1-2H3,(H,9,10)(H,11,12)/b5-3-. The Labute approximate surface area is 70.3 Å². The van der Waals surface area contributed by atoms with E-state index in [4.69, 9.17) is 5.11 Å². The minimum Gasteiger partial charge on any atom is -0.478 e. The third kappa shape index (κ3) is 1.64. The van der Waals surface area contributed by atoms with Gasteiger partial charge in [-0.3, -0.25) is 4.79 Å². The average Bonchev–Trinajstić information content (AvgIpc) is 2.04. The SMILES string of the molecule is CC1(C)CC(=O)N/C1=C\C(=O)O. The Morgan fingerprint density at radius 3 is 2.58 bits per heavy atom. The molecule has 12 heavy (non-hydrogen) atoms. The molecule has 1 heterocycles. The van der Waals surface area contributed by atoms with Gasteiger partial charge in [0, 0.05) is 23.6 Å². The fraction of sp³-hybridized carbons (Fsp3) is 0.500. The van der Waals surface area contributed by atoms with Crippen LogP contribution in [0.4, 0.5) is 0 Å². The molecule has 0 unspecified atom stereocenters. The number of allylic oxidation sites excluding steroid dienone is 1. The van der Waals surface area contributed by atoms with Crippen molar-refractivity contribution in [2.45, 2.75) is 20.3 Å². The van der Waals surface area contributed by atoms with Crippen molar-refractivity contribution in [3.8, 4) is 0 Å². The molecule has 4 heteroatoms. The zero-order chi connectivity index (χ0) is 9.35. The van der Waals surface area contributed by atoms with Crippen LogP contribution in [-0.2, 0) is 9.59 Å². The van der Waals surface area contributed by atoms with Crippen LogP contribution in [0.1, 0.15) is 20.3 Å². The maximum absolute atomic E-state index is 10.9. The van der Waals surface area contributed by atoms with Crippen LogP contribution in [0.3, 0.4) is 0 Å². The van der Waals surface area contributed by atoms with Crippen molar-refractivity contribution < 1.29 is 14.7 Å². The number of nitrogens with one attached hydrogen (secondary N) is 1. The molecule has 0 spiro atoms. The van der Waals surface area contributed by atoms with E-state index in [1.54, 1.807) is 0 Å². The smallest absolute Gasteiger partial charge is 0.330 e. The van der Waals surface area contributed by atoms with Crippen LogP contribution in [0.5, 0.6) is 0 Å². The summed E-state index contributed by atoms with van der Waals surface area (Å²) in [5.41, 5.74) is 0.121. The molecule has 0 aromatic heterocycles. The zero-order valence-electron chi connectivity index (χ0n) is 7.05.